The van der Waals surface area contributed by atoms with E-state index in [9.17, 15) is 22.8 Å². The summed E-state index contributed by atoms with van der Waals surface area (Å²) in [5, 5.41) is 6.15. The van der Waals surface area contributed by atoms with Crippen LogP contribution in [0.3, 0.4) is 0 Å². The molecule has 0 spiro atoms. The monoisotopic (exact) mass is 550 g/mol. The third-order valence-corrected chi connectivity index (χ3v) is 8.11. The lowest BCUT2D eigenvalue weighted by Gasteiger charge is -2.35. The molecule has 0 radical (unpaired) electrons. The largest absolute Gasteiger partial charge is 0.416 e. The Morgan fingerprint density at radius 1 is 1.08 bits per heavy atom. The number of alkyl halides is 3. The molecule has 1 saturated carbocycles. The van der Waals surface area contributed by atoms with E-state index in [1.807, 2.05) is 0 Å². The number of hydrogen-bond donors (Lipinski definition) is 2. The molecular weight excluding hydrogens is 517 g/mol. The van der Waals surface area contributed by atoms with Gasteiger partial charge in [-0.25, -0.2) is 4.98 Å². The Hall–Kier alpha value is -2.65. The van der Waals surface area contributed by atoms with Crippen LogP contribution in [0.25, 0.3) is 11.1 Å². The molecule has 2 N–H and O–H groups in total. The summed E-state index contributed by atoms with van der Waals surface area (Å²) in [5.74, 6) is -0.314. The summed E-state index contributed by atoms with van der Waals surface area (Å²) in [6.07, 6.45) is 3.29. The van der Waals surface area contributed by atoms with Gasteiger partial charge < -0.3 is 15.5 Å². The third kappa shape index (κ3) is 6.31. The molecule has 6 nitrogen and oxygen atoms in total. The quantitative estimate of drug-likeness (QED) is 0.430. The minimum absolute atomic E-state index is 0.0514. The Kier molecular flexibility index (Phi) is 8.98. The number of carbonyl (C=O) groups is 2. The Morgan fingerprint density at radius 2 is 1.82 bits per heavy atom. The first-order valence-corrected chi connectivity index (χ1v) is 13.6. The van der Waals surface area contributed by atoms with E-state index in [0.717, 1.165) is 50.7 Å². The Balaban J connectivity index is 1.63. The van der Waals surface area contributed by atoms with Crippen molar-refractivity contribution >= 4 is 23.4 Å². The van der Waals surface area contributed by atoms with E-state index in [2.05, 4.69) is 15.6 Å². The first kappa shape index (κ1) is 28.4. The van der Waals surface area contributed by atoms with E-state index >= 15 is 0 Å². The number of likely N-dealkylation sites (N-methyl/N-ethyl adjacent to an activating group) is 1. The van der Waals surface area contributed by atoms with E-state index < -0.39 is 23.8 Å². The zero-order valence-electron chi connectivity index (χ0n) is 21.7. The minimum atomic E-state index is -4.46. The summed E-state index contributed by atoms with van der Waals surface area (Å²) in [7, 11) is 1.70. The second kappa shape index (κ2) is 12.0. The Morgan fingerprint density at radius 3 is 2.50 bits per heavy atom. The van der Waals surface area contributed by atoms with E-state index in [-0.39, 0.29) is 28.9 Å². The predicted octanol–water partition coefficient (Wildman–Crippen LogP) is 5.76. The summed E-state index contributed by atoms with van der Waals surface area (Å²) in [5.41, 5.74) is 0.722. The highest BCUT2D eigenvalue weighted by molar-refractivity contribution is 6.30. The van der Waals surface area contributed by atoms with Crippen LogP contribution in [-0.4, -0.2) is 47.4 Å². The van der Waals surface area contributed by atoms with Crippen molar-refractivity contribution in [2.45, 2.75) is 76.2 Å². The second-order valence-electron chi connectivity index (χ2n) is 10.3. The van der Waals surface area contributed by atoms with Crippen molar-refractivity contribution in [2.24, 2.45) is 5.92 Å². The molecule has 4 rings (SSSR count). The van der Waals surface area contributed by atoms with E-state index in [1.54, 1.807) is 31.0 Å². The van der Waals surface area contributed by atoms with E-state index in [1.165, 1.54) is 12.3 Å². The molecular formula is C28H34ClF3N4O2. The molecule has 1 aromatic heterocycles. The highest BCUT2D eigenvalue weighted by Gasteiger charge is 2.40. The van der Waals surface area contributed by atoms with Crippen molar-refractivity contribution in [3.8, 4) is 11.1 Å². The molecule has 0 bridgehead atoms. The number of hydrogen-bond acceptors (Lipinski definition) is 4. The standard InChI is InChI=1S/C28H34ClF3N4O2/c1-17(33-2)26(37)35-24(18-8-4-3-5-9-18)27(38)36-13-7-12-23(36)22-15-20(16-34-25(22)29)19-10-6-11-21(14-19)28(30,31)32/h6,10-11,14-18,23-24,33H,3-5,7-9,12-13H2,1-2H3,(H,35,37). The average Bonchev–Trinajstić information content (AvgIpc) is 3.41. The molecule has 2 amide bonds. The van der Waals surface area contributed by atoms with Gasteiger partial charge in [-0.05, 0) is 69.3 Å². The summed E-state index contributed by atoms with van der Waals surface area (Å²) in [4.78, 5) is 32.8. The number of benzene rings is 1. The fraction of sp³-hybridized carbons (Fsp3) is 0.536. The number of pyridine rings is 1. The van der Waals surface area contributed by atoms with Gasteiger partial charge in [0.2, 0.25) is 11.8 Å². The number of likely N-dealkylation sites (tertiary alicyclic amines) is 1. The third-order valence-electron chi connectivity index (χ3n) is 7.80. The zero-order chi connectivity index (χ0) is 27.4. The van der Waals surface area contributed by atoms with Gasteiger partial charge >= 0.3 is 6.18 Å². The topological polar surface area (TPSA) is 74.3 Å². The Bertz CT molecular complexity index is 1150. The highest BCUT2D eigenvalue weighted by atomic mass is 35.5. The molecule has 2 heterocycles. The molecule has 3 atom stereocenters. The van der Waals surface area contributed by atoms with Crippen LogP contribution in [0.5, 0.6) is 0 Å². The van der Waals surface area contributed by atoms with Crippen LogP contribution in [0.4, 0.5) is 13.2 Å². The van der Waals surface area contributed by atoms with Gasteiger partial charge in [-0.3, -0.25) is 9.59 Å². The molecule has 1 aliphatic carbocycles. The molecule has 3 unspecified atom stereocenters. The number of rotatable bonds is 7. The zero-order valence-corrected chi connectivity index (χ0v) is 22.4. The molecule has 206 valence electrons. The molecule has 1 aliphatic heterocycles. The molecule has 2 fully saturated rings. The van der Waals surface area contributed by atoms with Gasteiger partial charge in [0.1, 0.15) is 11.2 Å². The first-order chi connectivity index (χ1) is 18.1. The molecule has 1 saturated heterocycles. The van der Waals surface area contributed by atoms with Gasteiger partial charge in [0.05, 0.1) is 17.6 Å². The second-order valence-corrected chi connectivity index (χ2v) is 10.6. The van der Waals surface area contributed by atoms with Gasteiger partial charge in [-0.15, -0.1) is 0 Å². The van der Waals surface area contributed by atoms with Gasteiger partial charge in [-0.1, -0.05) is 43.0 Å². The van der Waals surface area contributed by atoms with Crippen LogP contribution in [0.1, 0.15) is 69.0 Å². The maximum atomic E-state index is 14.0. The van der Waals surface area contributed by atoms with Crippen LogP contribution in [0, 0.1) is 5.92 Å². The summed E-state index contributed by atoms with van der Waals surface area (Å²) < 4.78 is 39.9. The maximum Gasteiger partial charge on any atom is 0.416 e. The lowest BCUT2D eigenvalue weighted by Crippen LogP contribution is -2.55. The van der Waals surface area contributed by atoms with Gasteiger partial charge in [0, 0.05) is 23.9 Å². The van der Waals surface area contributed by atoms with E-state index in [4.69, 9.17) is 11.6 Å². The highest BCUT2D eigenvalue weighted by Crippen LogP contribution is 2.39. The van der Waals surface area contributed by atoms with E-state index in [0.29, 0.717) is 29.7 Å². The normalized spacial score (nSPS) is 20.3. The summed E-state index contributed by atoms with van der Waals surface area (Å²) in [6, 6.07) is 5.35. The van der Waals surface area contributed by atoms with Crippen molar-refractivity contribution < 1.29 is 22.8 Å². The fourth-order valence-electron chi connectivity index (χ4n) is 5.52. The molecule has 2 aromatic rings. The minimum Gasteiger partial charge on any atom is -0.343 e. The number of aromatic nitrogens is 1. The average molecular weight is 551 g/mol. The smallest absolute Gasteiger partial charge is 0.343 e. The van der Waals surface area contributed by atoms with Crippen molar-refractivity contribution in [1.29, 1.82) is 0 Å². The number of amides is 2. The van der Waals surface area contributed by atoms with Crippen molar-refractivity contribution in [2.75, 3.05) is 13.6 Å². The predicted molar refractivity (Wildman–Crippen MR) is 140 cm³/mol. The summed E-state index contributed by atoms with van der Waals surface area (Å²) in [6.45, 7) is 2.26. The van der Waals surface area contributed by atoms with Gasteiger partial charge in [0.25, 0.3) is 0 Å². The maximum absolute atomic E-state index is 14.0. The first-order valence-electron chi connectivity index (χ1n) is 13.2. The lowest BCUT2D eigenvalue weighted by molar-refractivity contribution is -0.139. The van der Waals surface area contributed by atoms with Gasteiger partial charge in [0.15, 0.2) is 0 Å². The number of carbonyl (C=O) groups excluding carboxylic acids is 2. The molecule has 1 aromatic carbocycles. The van der Waals surface area contributed by atoms with Crippen LogP contribution in [0.15, 0.2) is 36.5 Å². The van der Waals surface area contributed by atoms with Crippen LogP contribution in [-0.2, 0) is 15.8 Å². The Labute approximate surface area is 226 Å². The van der Waals surface area contributed by atoms with Crippen molar-refractivity contribution in [1.82, 2.24) is 20.5 Å². The van der Waals surface area contributed by atoms with Crippen LogP contribution >= 0.6 is 11.6 Å². The molecule has 10 heteroatoms. The molecule has 2 aliphatic rings. The molecule has 38 heavy (non-hydrogen) atoms. The van der Waals surface area contributed by atoms with Gasteiger partial charge in [-0.2, -0.15) is 13.2 Å². The fourth-order valence-corrected chi connectivity index (χ4v) is 5.75. The van der Waals surface area contributed by atoms with Crippen LogP contribution < -0.4 is 10.6 Å². The number of nitrogens with zero attached hydrogens (tertiary/aromatic N) is 2. The summed E-state index contributed by atoms with van der Waals surface area (Å²) >= 11 is 6.50. The van der Waals surface area contributed by atoms with Crippen molar-refractivity contribution in [3.63, 3.8) is 0 Å². The van der Waals surface area contributed by atoms with Crippen molar-refractivity contribution in [3.05, 3.63) is 52.8 Å². The SMILES string of the molecule is CNC(C)C(=O)NC(C(=O)N1CCCC1c1cc(-c2cccc(C(F)(F)F)c2)cnc1Cl)C1CCCCC1. The number of nitrogens with one attached hydrogen (secondary N) is 2. The van der Waals surface area contributed by atoms with Crippen LogP contribution in [0.2, 0.25) is 5.15 Å². The lowest BCUT2D eigenvalue weighted by atomic mass is 9.83. The number of halogens is 4.